The van der Waals surface area contributed by atoms with Gasteiger partial charge < -0.3 is 5.32 Å². The van der Waals surface area contributed by atoms with Gasteiger partial charge in [-0.1, -0.05) is 33.6 Å². The molecule has 0 aromatic carbocycles. The molecule has 2 rings (SSSR count). The molecule has 1 saturated heterocycles. The highest BCUT2D eigenvalue weighted by Gasteiger charge is 2.31. The minimum Gasteiger partial charge on any atom is -0.310 e. The van der Waals surface area contributed by atoms with Crippen molar-refractivity contribution < 1.29 is 0 Å². The predicted molar refractivity (Wildman–Crippen MR) is 69.7 cm³/mol. The highest BCUT2D eigenvalue weighted by atomic mass is 15.2. The first-order chi connectivity index (χ1) is 7.69. The van der Waals surface area contributed by atoms with Gasteiger partial charge in [-0.2, -0.15) is 0 Å². The van der Waals surface area contributed by atoms with Crippen molar-refractivity contribution >= 4 is 0 Å². The van der Waals surface area contributed by atoms with Crippen molar-refractivity contribution in [1.29, 1.82) is 0 Å². The van der Waals surface area contributed by atoms with Gasteiger partial charge in [-0.15, -0.1) is 0 Å². The van der Waals surface area contributed by atoms with Gasteiger partial charge >= 0.3 is 0 Å². The van der Waals surface area contributed by atoms with Gasteiger partial charge in [-0.3, -0.25) is 4.90 Å². The summed E-state index contributed by atoms with van der Waals surface area (Å²) in [6, 6.07) is 2.24. The summed E-state index contributed by atoms with van der Waals surface area (Å²) in [5.41, 5.74) is 0. The second-order valence-electron chi connectivity index (χ2n) is 6.04. The molecule has 2 atom stereocenters. The summed E-state index contributed by atoms with van der Waals surface area (Å²) in [6.07, 6.45) is 7.14. The third kappa shape index (κ3) is 3.46. The van der Waals surface area contributed by atoms with Gasteiger partial charge in [0.15, 0.2) is 0 Å². The largest absolute Gasteiger partial charge is 0.310 e. The van der Waals surface area contributed by atoms with Crippen LogP contribution in [0.25, 0.3) is 0 Å². The van der Waals surface area contributed by atoms with Gasteiger partial charge in [0, 0.05) is 31.2 Å². The summed E-state index contributed by atoms with van der Waals surface area (Å²) in [5.74, 6) is 1.07. The average Bonchev–Trinajstić information content (AvgIpc) is 2.94. The number of hydrogen-bond donors (Lipinski definition) is 1. The smallest absolute Gasteiger partial charge is 0.0209 e. The topological polar surface area (TPSA) is 15.3 Å². The van der Waals surface area contributed by atoms with E-state index in [9.17, 15) is 0 Å². The highest BCUT2D eigenvalue weighted by molar-refractivity contribution is 4.88. The van der Waals surface area contributed by atoms with Crippen molar-refractivity contribution in [2.45, 2.75) is 71.0 Å². The van der Waals surface area contributed by atoms with Gasteiger partial charge in [-0.05, 0) is 25.2 Å². The van der Waals surface area contributed by atoms with Crippen LogP contribution in [0.15, 0.2) is 0 Å². The van der Waals surface area contributed by atoms with Crippen LogP contribution in [0, 0.1) is 5.92 Å². The lowest BCUT2D eigenvalue weighted by Crippen LogP contribution is -2.39. The number of likely N-dealkylation sites (tertiary alicyclic amines) is 1. The molecule has 1 N–H and O–H groups in total. The highest BCUT2D eigenvalue weighted by Crippen LogP contribution is 2.36. The van der Waals surface area contributed by atoms with Gasteiger partial charge in [0.1, 0.15) is 0 Å². The lowest BCUT2D eigenvalue weighted by molar-refractivity contribution is 0.211. The molecule has 0 aromatic heterocycles. The molecule has 2 unspecified atom stereocenters. The van der Waals surface area contributed by atoms with Gasteiger partial charge in [0.25, 0.3) is 0 Å². The van der Waals surface area contributed by atoms with Gasteiger partial charge in [0.05, 0.1) is 0 Å². The Morgan fingerprint density at radius 3 is 2.56 bits per heavy atom. The molecule has 1 aliphatic heterocycles. The van der Waals surface area contributed by atoms with Crippen molar-refractivity contribution in [3.63, 3.8) is 0 Å². The molecule has 2 fully saturated rings. The van der Waals surface area contributed by atoms with Crippen LogP contribution in [-0.4, -0.2) is 36.1 Å². The van der Waals surface area contributed by atoms with Crippen LogP contribution in [0.5, 0.6) is 0 Å². The quantitative estimate of drug-likeness (QED) is 0.746. The van der Waals surface area contributed by atoms with E-state index in [-0.39, 0.29) is 0 Å². The Labute approximate surface area is 101 Å². The van der Waals surface area contributed by atoms with E-state index in [0.29, 0.717) is 6.04 Å². The fourth-order valence-electron chi connectivity index (χ4n) is 3.04. The molecule has 1 saturated carbocycles. The number of nitrogens with zero attached hydrogens (tertiary/aromatic N) is 1. The van der Waals surface area contributed by atoms with Crippen LogP contribution in [-0.2, 0) is 0 Å². The minimum atomic E-state index is 0.633. The fraction of sp³-hybridized carbons (Fsp3) is 1.00. The van der Waals surface area contributed by atoms with Crippen LogP contribution in [0.2, 0.25) is 0 Å². The monoisotopic (exact) mass is 224 g/mol. The third-order valence-electron chi connectivity index (χ3n) is 4.08. The zero-order valence-corrected chi connectivity index (χ0v) is 11.2. The van der Waals surface area contributed by atoms with E-state index in [2.05, 4.69) is 31.0 Å². The first kappa shape index (κ1) is 12.4. The number of hydrogen-bond acceptors (Lipinski definition) is 2. The van der Waals surface area contributed by atoms with Crippen LogP contribution in [0.3, 0.4) is 0 Å². The molecule has 94 valence electrons. The normalized spacial score (nSPS) is 28.9. The Hall–Kier alpha value is -0.0800. The summed E-state index contributed by atoms with van der Waals surface area (Å²) in [7, 11) is 0. The first-order valence-electron chi connectivity index (χ1n) is 7.19. The number of nitrogens with one attached hydrogen (secondary N) is 1. The number of rotatable bonds is 6. The summed E-state index contributed by atoms with van der Waals surface area (Å²) in [4.78, 5) is 2.73. The second-order valence-corrected chi connectivity index (χ2v) is 6.04. The summed E-state index contributed by atoms with van der Waals surface area (Å²) in [6.45, 7) is 9.46. The van der Waals surface area contributed by atoms with Gasteiger partial charge in [-0.25, -0.2) is 0 Å². The SMILES string of the molecule is CCC(CC1CC1)N1CCC(NC(C)C)C1. The van der Waals surface area contributed by atoms with E-state index in [4.69, 9.17) is 0 Å². The predicted octanol–water partition coefficient (Wildman–Crippen LogP) is 2.64. The molecule has 0 aromatic rings. The van der Waals surface area contributed by atoms with E-state index in [1.807, 2.05) is 0 Å². The van der Waals surface area contributed by atoms with Crippen molar-refractivity contribution in [3.05, 3.63) is 0 Å². The van der Waals surface area contributed by atoms with Crippen molar-refractivity contribution in [3.8, 4) is 0 Å². The van der Waals surface area contributed by atoms with Crippen molar-refractivity contribution in [1.82, 2.24) is 10.2 Å². The summed E-state index contributed by atoms with van der Waals surface area (Å²) in [5, 5.41) is 3.68. The van der Waals surface area contributed by atoms with Crippen molar-refractivity contribution in [2.24, 2.45) is 5.92 Å². The van der Waals surface area contributed by atoms with Crippen LogP contribution in [0.1, 0.15) is 52.9 Å². The molecule has 0 bridgehead atoms. The molecule has 2 nitrogen and oxygen atoms in total. The van der Waals surface area contributed by atoms with Crippen LogP contribution >= 0.6 is 0 Å². The Balaban J connectivity index is 1.76. The van der Waals surface area contributed by atoms with E-state index in [1.54, 1.807) is 0 Å². The van der Waals surface area contributed by atoms with E-state index in [1.165, 1.54) is 45.2 Å². The Bertz CT molecular complexity index is 211. The molecule has 16 heavy (non-hydrogen) atoms. The average molecular weight is 224 g/mol. The molecule has 0 radical (unpaired) electrons. The first-order valence-corrected chi connectivity index (χ1v) is 7.19. The summed E-state index contributed by atoms with van der Waals surface area (Å²) < 4.78 is 0. The third-order valence-corrected chi connectivity index (χ3v) is 4.08. The fourth-order valence-corrected chi connectivity index (χ4v) is 3.04. The maximum absolute atomic E-state index is 3.68. The summed E-state index contributed by atoms with van der Waals surface area (Å²) >= 11 is 0. The van der Waals surface area contributed by atoms with Crippen LogP contribution in [0.4, 0.5) is 0 Å². The van der Waals surface area contributed by atoms with E-state index < -0.39 is 0 Å². The van der Waals surface area contributed by atoms with Crippen molar-refractivity contribution in [2.75, 3.05) is 13.1 Å². The van der Waals surface area contributed by atoms with E-state index in [0.717, 1.165) is 18.0 Å². The Morgan fingerprint density at radius 2 is 2.00 bits per heavy atom. The maximum atomic E-state index is 3.68. The Kier molecular flexibility index (Phi) is 4.26. The minimum absolute atomic E-state index is 0.633. The zero-order chi connectivity index (χ0) is 11.5. The lowest BCUT2D eigenvalue weighted by atomic mass is 10.1. The zero-order valence-electron chi connectivity index (χ0n) is 11.2. The van der Waals surface area contributed by atoms with Crippen LogP contribution < -0.4 is 5.32 Å². The maximum Gasteiger partial charge on any atom is 0.0209 e. The molecule has 1 heterocycles. The van der Waals surface area contributed by atoms with E-state index >= 15 is 0 Å². The Morgan fingerprint density at radius 1 is 1.25 bits per heavy atom. The molecule has 2 aliphatic rings. The lowest BCUT2D eigenvalue weighted by Gasteiger charge is -2.27. The molecular weight excluding hydrogens is 196 g/mol. The van der Waals surface area contributed by atoms with Gasteiger partial charge in [0.2, 0.25) is 0 Å². The molecule has 2 heteroatoms. The molecule has 0 spiro atoms. The molecule has 1 aliphatic carbocycles. The molecular formula is C14H28N2. The second kappa shape index (κ2) is 5.50. The molecule has 0 amide bonds. The standard InChI is InChI=1S/C14H28N2/c1-4-14(9-12-5-6-12)16-8-7-13(10-16)15-11(2)3/h11-15H,4-10H2,1-3H3.